The Morgan fingerprint density at radius 1 is 0.410 bits per heavy atom. The molecular weight excluding hydrogens is 594 g/mol. The quantitative estimate of drug-likeness (QED) is 0.106. The summed E-state index contributed by atoms with van der Waals surface area (Å²) in [7, 11) is -9.92. The summed E-state index contributed by atoms with van der Waals surface area (Å²) in [4.78, 5) is 0. The van der Waals surface area contributed by atoms with E-state index in [9.17, 15) is 26.3 Å². The van der Waals surface area contributed by atoms with Crippen LogP contribution in [0.1, 0.15) is 55.4 Å². The fourth-order valence-corrected chi connectivity index (χ4v) is 9.48. The molecule has 18 heteroatoms. The number of halogens is 10. The van der Waals surface area contributed by atoms with Gasteiger partial charge in [-0.3, -0.25) is 0 Å². The van der Waals surface area contributed by atoms with Gasteiger partial charge in [-0.1, -0.05) is 13.8 Å². The van der Waals surface area contributed by atoms with Gasteiger partial charge in [0.15, 0.2) is 0 Å². The topological polar surface area (TPSA) is 55.4 Å². The van der Waals surface area contributed by atoms with Crippen molar-refractivity contribution in [1.82, 2.24) is 0 Å². The molecule has 0 aromatic rings. The van der Waals surface area contributed by atoms with E-state index >= 15 is 17.6 Å². The lowest BCUT2D eigenvalue weighted by Gasteiger charge is -2.45. The second kappa shape index (κ2) is 14.1. The maximum atomic E-state index is 15.2. The summed E-state index contributed by atoms with van der Waals surface area (Å²) in [6.07, 6.45) is 0. The van der Waals surface area contributed by atoms with Crippen molar-refractivity contribution in [2.24, 2.45) is 0 Å². The summed E-state index contributed by atoms with van der Waals surface area (Å²) in [6, 6.07) is 0. The van der Waals surface area contributed by atoms with Crippen LogP contribution in [0.25, 0.3) is 0 Å². The molecule has 2 atom stereocenters. The third kappa shape index (κ3) is 6.78. The fraction of sp³-hybridized carbons (Fsp3) is 1.00. The lowest BCUT2D eigenvalue weighted by molar-refractivity contribution is -0.403. The van der Waals surface area contributed by atoms with Crippen LogP contribution in [-0.2, 0) is 26.6 Å². The van der Waals surface area contributed by atoms with Gasteiger partial charge in [0, 0.05) is 39.6 Å². The zero-order chi connectivity index (χ0) is 31.1. The molecule has 0 bridgehead atoms. The lowest BCUT2D eigenvalue weighted by atomic mass is 9.92. The number of hydrogen-bond acceptors (Lipinski definition) is 6. The molecule has 0 aliphatic heterocycles. The first-order valence-corrected chi connectivity index (χ1v) is 16.0. The van der Waals surface area contributed by atoms with Gasteiger partial charge >= 0.3 is 47.2 Å². The van der Waals surface area contributed by atoms with Crippen LogP contribution in [0, 0.1) is 0 Å². The molecule has 0 saturated heterocycles. The molecule has 0 radical (unpaired) electrons. The Labute approximate surface area is 224 Å². The van der Waals surface area contributed by atoms with Crippen molar-refractivity contribution in [2.45, 2.75) is 96.1 Å². The van der Waals surface area contributed by atoms with Crippen molar-refractivity contribution in [3.63, 3.8) is 0 Å². The number of alkyl halides is 10. The summed E-state index contributed by atoms with van der Waals surface area (Å²) >= 11 is 0. The standard InChI is InChI=1S/C21H38F10O6Si2/c1-9-32-38(33-10-2,34-11-3)15(7)17(22,23)19(26,27)21(30,31)20(28,29)18(24,25)16(8)39(35-12-4,36-13-5)37-14-6/h15-16H,9-14H2,1-8H3. The van der Waals surface area contributed by atoms with Crippen molar-refractivity contribution in [3.8, 4) is 0 Å². The van der Waals surface area contributed by atoms with Gasteiger partial charge in [-0.15, -0.1) is 0 Å². The van der Waals surface area contributed by atoms with Crippen LogP contribution in [0.3, 0.4) is 0 Å². The second-order valence-electron chi connectivity index (χ2n) is 8.22. The van der Waals surface area contributed by atoms with Gasteiger partial charge in [-0.25, -0.2) is 0 Å². The Balaban J connectivity index is 6.95. The maximum absolute atomic E-state index is 15.2. The Bertz CT molecular complexity index is 656. The van der Waals surface area contributed by atoms with Gasteiger partial charge in [0.05, 0.1) is 11.1 Å². The molecule has 0 aromatic heterocycles. The molecule has 0 aromatic carbocycles. The molecule has 0 N–H and O–H groups in total. The highest BCUT2D eigenvalue weighted by atomic mass is 28.4. The van der Waals surface area contributed by atoms with Crippen molar-refractivity contribution in [3.05, 3.63) is 0 Å². The van der Waals surface area contributed by atoms with E-state index in [2.05, 4.69) is 0 Å². The van der Waals surface area contributed by atoms with Crippen molar-refractivity contribution >= 4 is 17.6 Å². The van der Waals surface area contributed by atoms with Crippen LogP contribution in [0.5, 0.6) is 0 Å². The summed E-state index contributed by atoms with van der Waals surface area (Å²) in [5, 5.41) is 0. The Morgan fingerprint density at radius 3 is 0.744 bits per heavy atom. The van der Waals surface area contributed by atoms with Crippen LogP contribution < -0.4 is 0 Å². The smallest absolute Gasteiger partial charge is 0.373 e. The largest absolute Gasteiger partial charge is 0.510 e. The highest BCUT2D eigenvalue weighted by Gasteiger charge is 2.89. The Morgan fingerprint density at radius 2 is 0.590 bits per heavy atom. The zero-order valence-corrected chi connectivity index (χ0v) is 25.1. The van der Waals surface area contributed by atoms with Gasteiger partial charge in [-0.2, -0.15) is 43.9 Å². The summed E-state index contributed by atoms with van der Waals surface area (Å²) in [5.74, 6) is -33.6. The second-order valence-corrected chi connectivity index (χ2v) is 14.1. The monoisotopic (exact) mass is 632 g/mol. The van der Waals surface area contributed by atoms with E-state index in [-0.39, 0.29) is 13.8 Å². The average Bonchev–Trinajstić information content (AvgIpc) is 2.83. The molecular formula is C21H38F10O6Si2. The van der Waals surface area contributed by atoms with Crippen molar-refractivity contribution in [1.29, 1.82) is 0 Å². The predicted octanol–water partition coefficient (Wildman–Crippen LogP) is 7.04. The van der Waals surface area contributed by atoms with Gasteiger partial charge in [0.25, 0.3) is 0 Å². The van der Waals surface area contributed by atoms with E-state index in [1.165, 1.54) is 41.5 Å². The third-order valence-electron chi connectivity index (χ3n) is 5.85. The van der Waals surface area contributed by atoms with E-state index in [1.54, 1.807) is 0 Å². The number of rotatable bonds is 20. The molecule has 2 unspecified atom stereocenters. The van der Waals surface area contributed by atoms with Gasteiger partial charge in [0.2, 0.25) is 0 Å². The molecule has 0 aliphatic rings. The molecule has 6 nitrogen and oxygen atoms in total. The molecule has 236 valence electrons. The van der Waals surface area contributed by atoms with Crippen molar-refractivity contribution < 1.29 is 70.5 Å². The predicted molar refractivity (Wildman–Crippen MR) is 125 cm³/mol. The molecule has 0 fully saturated rings. The lowest BCUT2D eigenvalue weighted by Crippen LogP contribution is -2.72. The highest BCUT2D eigenvalue weighted by molar-refractivity contribution is 6.63. The highest BCUT2D eigenvalue weighted by Crippen LogP contribution is 2.63. The Hall–Kier alpha value is -0.506. The average molecular weight is 633 g/mol. The first-order valence-electron chi connectivity index (χ1n) is 12.4. The molecule has 39 heavy (non-hydrogen) atoms. The third-order valence-corrected chi connectivity index (χ3v) is 12.8. The van der Waals surface area contributed by atoms with Gasteiger partial charge < -0.3 is 26.6 Å². The summed E-state index contributed by atoms with van der Waals surface area (Å²) in [5.41, 5.74) is -6.12. The maximum Gasteiger partial charge on any atom is 0.510 e. The minimum atomic E-state index is -7.31. The first-order chi connectivity index (χ1) is 17.7. The van der Waals surface area contributed by atoms with E-state index in [1.807, 2.05) is 0 Å². The van der Waals surface area contributed by atoms with Crippen LogP contribution in [0.2, 0.25) is 11.1 Å². The molecule has 0 amide bonds. The summed E-state index contributed by atoms with van der Waals surface area (Å²) in [6.45, 7) is 5.23. The van der Waals surface area contributed by atoms with Crippen LogP contribution in [0.4, 0.5) is 43.9 Å². The summed E-state index contributed by atoms with van der Waals surface area (Å²) < 4.78 is 181. The Kier molecular flexibility index (Phi) is 13.9. The SMILES string of the molecule is CCO[Si](OCC)(OCC)C(C)C(F)(F)C(F)(F)C(F)(F)C(F)(F)C(F)(F)C(C)[Si](OCC)(OCC)OCC. The minimum absolute atomic E-state index is 0.285. The molecule has 0 aliphatic carbocycles. The zero-order valence-electron chi connectivity index (χ0n) is 23.1. The molecule has 0 heterocycles. The molecule has 0 spiro atoms. The molecule has 0 rings (SSSR count). The van der Waals surface area contributed by atoms with E-state index in [0.29, 0.717) is 0 Å². The van der Waals surface area contributed by atoms with E-state index < -0.39 is 97.9 Å². The minimum Gasteiger partial charge on any atom is -0.373 e. The van der Waals surface area contributed by atoms with E-state index in [0.717, 1.165) is 0 Å². The van der Waals surface area contributed by atoms with Gasteiger partial charge in [-0.05, 0) is 41.5 Å². The van der Waals surface area contributed by atoms with Gasteiger partial charge in [0.1, 0.15) is 0 Å². The number of hydrogen-bond donors (Lipinski definition) is 0. The normalized spacial score (nSPS) is 16.5. The van der Waals surface area contributed by atoms with Crippen LogP contribution >= 0.6 is 0 Å². The fourth-order valence-electron chi connectivity index (χ4n) is 3.81. The van der Waals surface area contributed by atoms with Crippen LogP contribution in [0.15, 0.2) is 0 Å². The molecule has 0 saturated carbocycles. The van der Waals surface area contributed by atoms with Crippen LogP contribution in [-0.4, -0.2) is 86.9 Å². The van der Waals surface area contributed by atoms with Crippen molar-refractivity contribution in [2.75, 3.05) is 39.6 Å². The first kappa shape index (κ1) is 38.5. The van der Waals surface area contributed by atoms with E-state index in [4.69, 9.17) is 26.6 Å².